The van der Waals surface area contributed by atoms with Crippen molar-refractivity contribution in [1.82, 2.24) is 9.36 Å². The van der Waals surface area contributed by atoms with Crippen molar-refractivity contribution in [2.45, 2.75) is 19.4 Å². The maximum atomic E-state index is 13.7. The van der Waals surface area contributed by atoms with Crippen molar-refractivity contribution >= 4 is 57.4 Å². The molecule has 0 N–H and O–H groups in total. The highest BCUT2D eigenvalue weighted by molar-refractivity contribution is 8.27. The molecule has 2 aliphatic heterocycles. The van der Waals surface area contributed by atoms with Crippen LogP contribution in [0.2, 0.25) is 0 Å². The minimum Gasteiger partial charge on any atom is -0.283 e. The highest BCUT2D eigenvalue weighted by Gasteiger charge is 2.38. The smallest absolute Gasteiger partial charge is 0.283 e. The lowest BCUT2D eigenvalue weighted by molar-refractivity contribution is -0.113. The topological polar surface area (TPSA) is 62.8 Å². The molecule has 1 aromatic heterocycles. The van der Waals surface area contributed by atoms with Crippen LogP contribution in [0.15, 0.2) is 130 Å². The lowest BCUT2D eigenvalue weighted by Crippen LogP contribution is -2.33. The molecule has 0 radical (unpaired) electrons. The molecule has 7 nitrogen and oxygen atoms in total. The third-order valence-electron chi connectivity index (χ3n) is 8.20. The van der Waals surface area contributed by atoms with Gasteiger partial charge in [0.2, 0.25) is 0 Å². The first-order chi connectivity index (χ1) is 21.9. The highest BCUT2D eigenvalue weighted by Crippen LogP contribution is 2.39. The van der Waals surface area contributed by atoms with Gasteiger partial charge in [-0.15, -0.1) is 0 Å². The van der Waals surface area contributed by atoms with Gasteiger partial charge in [0, 0.05) is 13.5 Å². The number of hydrogen-bond acceptors (Lipinski definition) is 6. The molecule has 0 aliphatic carbocycles. The average molecular weight is 628 g/mol. The van der Waals surface area contributed by atoms with E-state index in [1.54, 1.807) is 16.4 Å². The van der Waals surface area contributed by atoms with Gasteiger partial charge in [-0.05, 0) is 54.0 Å². The van der Waals surface area contributed by atoms with Crippen LogP contribution in [0.5, 0.6) is 0 Å². The van der Waals surface area contributed by atoms with Crippen molar-refractivity contribution in [3.63, 3.8) is 0 Å². The fourth-order valence-corrected chi connectivity index (χ4v) is 7.11. The fourth-order valence-electron chi connectivity index (χ4n) is 5.84. The molecule has 2 aliphatic rings. The van der Waals surface area contributed by atoms with E-state index in [0.717, 1.165) is 28.9 Å². The number of thioether (sulfide) groups is 1. The SMILES string of the molecule is Cc1c(N2C(=O)C(=Cc3ccc(N4N=C(c5ccccc5)CC4c4ccccc4)cc3)SC2=S)c(=O)n(-c2ccccc2)n1C. The summed E-state index contributed by atoms with van der Waals surface area (Å²) in [5.74, 6) is -0.305. The monoisotopic (exact) mass is 627 g/mol. The van der Waals surface area contributed by atoms with Crippen molar-refractivity contribution in [3.8, 4) is 5.69 Å². The lowest BCUT2D eigenvalue weighted by Gasteiger charge is -2.24. The summed E-state index contributed by atoms with van der Waals surface area (Å²) in [6, 6.07) is 38.1. The van der Waals surface area contributed by atoms with Crippen molar-refractivity contribution in [2.75, 3.05) is 9.91 Å². The Morgan fingerprint density at radius 1 is 0.822 bits per heavy atom. The maximum Gasteiger partial charge on any atom is 0.296 e. The van der Waals surface area contributed by atoms with Gasteiger partial charge in [0.05, 0.1) is 33.7 Å². The maximum absolute atomic E-state index is 13.7. The van der Waals surface area contributed by atoms with E-state index >= 15 is 0 Å². The number of aromatic nitrogens is 2. The summed E-state index contributed by atoms with van der Waals surface area (Å²) < 4.78 is 3.64. The Morgan fingerprint density at radius 3 is 2.11 bits per heavy atom. The second kappa shape index (κ2) is 11.8. The molecule has 7 rings (SSSR count). The Hall–Kier alpha value is -4.99. The minimum absolute atomic E-state index is 0.0672. The van der Waals surface area contributed by atoms with Gasteiger partial charge in [0.15, 0.2) is 4.32 Å². The van der Waals surface area contributed by atoms with Crippen LogP contribution in [0.4, 0.5) is 11.4 Å². The first-order valence-corrected chi connectivity index (χ1v) is 15.8. The highest BCUT2D eigenvalue weighted by atomic mass is 32.2. The van der Waals surface area contributed by atoms with Gasteiger partial charge in [0.25, 0.3) is 11.5 Å². The molecule has 9 heteroatoms. The van der Waals surface area contributed by atoms with Crippen LogP contribution in [0.1, 0.15) is 34.8 Å². The summed E-state index contributed by atoms with van der Waals surface area (Å²) in [5.41, 5.74) is 6.51. The molecule has 5 aromatic rings. The number of carbonyl (C=O) groups excluding carboxylic acids is 1. The number of thiocarbonyl (C=S) groups is 1. The molecule has 0 saturated carbocycles. The van der Waals surface area contributed by atoms with Crippen molar-refractivity contribution in [2.24, 2.45) is 12.1 Å². The Labute approximate surface area is 270 Å². The van der Waals surface area contributed by atoms with Gasteiger partial charge in [-0.1, -0.05) is 115 Å². The Bertz CT molecular complexity index is 2030. The Balaban J connectivity index is 1.17. The number of carbonyl (C=O) groups is 1. The van der Waals surface area contributed by atoms with E-state index < -0.39 is 0 Å². The standard InChI is InChI=1S/C36H29N5O2S2/c1-24-33(35(43)41(38(24)2)29-16-10-5-11-17-29)39-34(42)32(45-36(39)44)22-25-18-20-28(21-19-25)40-31(27-14-8-4-9-15-27)23-30(37-40)26-12-6-3-7-13-26/h3-22,31H,23H2,1-2H3. The molecule has 3 heterocycles. The van der Waals surface area contributed by atoms with Crippen LogP contribution in [0, 0.1) is 6.92 Å². The van der Waals surface area contributed by atoms with Gasteiger partial charge in [-0.25, -0.2) is 4.68 Å². The molecule has 4 aromatic carbocycles. The zero-order valence-corrected chi connectivity index (χ0v) is 26.3. The van der Waals surface area contributed by atoms with Crippen LogP contribution in [-0.4, -0.2) is 25.3 Å². The first-order valence-electron chi connectivity index (χ1n) is 14.6. The van der Waals surface area contributed by atoms with Crippen LogP contribution in [0.25, 0.3) is 11.8 Å². The second-order valence-electron chi connectivity index (χ2n) is 10.9. The van der Waals surface area contributed by atoms with E-state index in [0.29, 0.717) is 20.6 Å². The summed E-state index contributed by atoms with van der Waals surface area (Å²) in [7, 11) is 1.80. The molecular weight excluding hydrogens is 599 g/mol. The third-order valence-corrected chi connectivity index (χ3v) is 9.50. The number of anilines is 2. The van der Waals surface area contributed by atoms with Crippen molar-refractivity contribution < 1.29 is 4.79 Å². The summed E-state index contributed by atoms with van der Waals surface area (Å²) in [5, 5.41) is 7.13. The number of hydrazone groups is 1. The molecule has 1 saturated heterocycles. The van der Waals surface area contributed by atoms with Gasteiger partial charge in [-0.3, -0.25) is 24.2 Å². The zero-order valence-electron chi connectivity index (χ0n) is 24.7. The van der Waals surface area contributed by atoms with E-state index in [1.807, 2.05) is 91.9 Å². The average Bonchev–Trinajstić information content (AvgIpc) is 3.70. The number of rotatable bonds is 6. The van der Waals surface area contributed by atoms with Crippen molar-refractivity contribution in [3.05, 3.63) is 153 Å². The zero-order chi connectivity index (χ0) is 31.1. The fraction of sp³-hybridized carbons (Fsp3) is 0.111. The molecule has 222 valence electrons. The normalized spacial score (nSPS) is 17.4. The second-order valence-corrected chi connectivity index (χ2v) is 12.6. The Morgan fingerprint density at radius 2 is 1.44 bits per heavy atom. The molecule has 0 bridgehead atoms. The van der Waals surface area contributed by atoms with Crippen LogP contribution < -0.4 is 15.5 Å². The predicted octanol–water partition coefficient (Wildman–Crippen LogP) is 7.25. The predicted molar refractivity (Wildman–Crippen MR) is 187 cm³/mol. The van der Waals surface area contributed by atoms with E-state index in [2.05, 4.69) is 41.4 Å². The van der Waals surface area contributed by atoms with Gasteiger partial charge < -0.3 is 0 Å². The Kier molecular flexibility index (Phi) is 7.56. The molecule has 0 spiro atoms. The van der Waals surface area contributed by atoms with E-state index in [9.17, 15) is 9.59 Å². The summed E-state index contributed by atoms with van der Waals surface area (Å²) in [4.78, 5) is 29.1. The van der Waals surface area contributed by atoms with Gasteiger partial charge >= 0.3 is 0 Å². The van der Waals surface area contributed by atoms with Gasteiger partial charge in [0.1, 0.15) is 5.69 Å². The molecule has 1 fully saturated rings. The summed E-state index contributed by atoms with van der Waals surface area (Å²) in [6.07, 6.45) is 2.62. The molecular formula is C36H29N5O2S2. The molecule has 1 atom stereocenters. The molecule has 1 unspecified atom stereocenters. The van der Waals surface area contributed by atoms with E-state index in [-0.39, 0.29) is 23.2 Å². The molecule has 1 amide bonds. The number of nitrogens with zero attached hydrogens (tertiary/aromatic N) is 5. The van der Waals surface area contributed by atoms with Gasteiger partial charge in [-0.2, -0.15) is 5.10 Å². The van der Waals surface area contributed by atoms with Crippen LogP contribution >= 0.6 is 24.0 Å². The van der Waals surface area contributed by atoms with Crippen molar-refractivity contribution in [1.29, 1.82) is 0 Å². The van der Waals surface area contributed by atoms with E-state index in [4.69, 9.17) is 17.3 Å². The first kappa shape index (κ1) is 28.8. The summed E-state index contributed by atoms with van der Waals surface area (Å²) >= 11 is 6.84. The largest absolute Gasteiger partial charge is 0.296 e. The molecule has 45 heavy (non-hydrogen) atoms. The van der Waals surface area contributed by atoms with Crippen LogP contribution in [0.3, 0.4) is 0 Å². The number of benzene rings is 4. The third kappa shape index (κ3) is 5.24. The summed E-state index contributed by atoms with van der Waals surface area (Å²) in [6.45, 7) is 1.82. The quantitative estimate of drug-likeness (QED) is 0.147. The number of hydrogen-bond donors (Lipinski definition) is 0. The minimum atomic E-state index is -0.305. The van der Waals surface area contributed by atoms with E-state index in [1.165, 1.54) is 22.2 Å². The van der Waals surface area contributed by atoms with Crippen LogP contribution in [-0.2, 0) is 11.8 Å². The lowest BCUT2D eigenvalue weighted by atomic mass is 9.98. The number of amides is 1. The number of para-hydroxylation sites is 1.